The molecule has 1 fully saturated rings. The second kappa shape index (κ2) is 4.84. The number of piperidine rings is 1. The first-order chi connectivity index (χ1) is 8.12. The summed E-state index contributed by atoms with van der Waals surface area (Å²) in [4.78, 5) is 16.3. The zero-order valence-corrected chi connectivity index (χ0v) is 10.2. The van der Waals surface area contributed by atoms with Gasteiger partial charge in [-0.15, -0.1) is 0 Å². The number of nitrogens with two attached hydrogens (primary N) is 1. The molecule has 0 aliphatic carbocycles. The van der Waals surface area contributed by atoms with E-state index in [1.165, 1.54) is 0 Å². The minimum Gasteiger partial charge on any atom is -0.383 e. The largest absolute Gasteiger partial charge is 0.383 e. The molecule has 1 unspecified atom stereocenters. The number of carbonyl (C=O) groups excluding carboxylic acids is 1. The predicted molar refractivity (Wildman–Crippen MR) is 67.6 cm³/mol. The van der Waals surface area contributed by atoms with Crippen LogP contribution in [0.15, 0.2) is 18.3 Å². The highest BCUT2D eigenvalue weighted by molar-refractivity contribution is 5.90. The molecule has 0 radical (unpaired) electrons. The van der Waals surface area contributed by atoms with Gasteiger partial charge in [-0.25, -0.2) is 4.98 Å². The molecule has 1 atom stereocenters. The second-order valence-corrected chi connectivity index (χ2v) is 4.86. The van der Waals surface area contributed by atoms with Gasteiger partial charge in [-0.2, -0.15) is 0 Å². The fourth-order valence-electron chi connectivity index (χ4n) is 2.26. The summed E-state index contributed by atoms with van der Waals surface area (Å²) >= 11 is 0. The molecule has 1 saturated heterocycles. The monoisotopic (exact) mass is 233 g/mol. The summed E-state index contributed by atoms with van der Waals surface area (Å²) in [6.45, 7) is 2.91. The van der Waals surface area contributed by atoms with Crippen LogP contribution in [-0.2, 0) is 11.2 Å². The molecule has 4 nitrogen and oxygen atoms in total. The summed E-state index contributed by atoms with van der Waals surface area (Å²) in [5.41, 5.74) is 6.19. The molecule has 0 spiro atoms. The Bertz CT molecular complexity index is 411. The van der Waals surface area contributed by atoms with Crippen LogP contribution in [0.2, 0.25) is 0 Å². The van der Waals surface area contributed by atoms with Crippen LogP contribution < -0.4 is 11.1 Å². The number of hydrogen-bond donors (Lipinski definition) is 2. The average molecular weight is 233 g/mol. The molecule has 2 rings (SSSR count). The van der Waals surface area contributed by atoms with Crippen molar-refractivity contribution >= 4 is 11.6 Å². The van der Waals surface area contributed by atoms with E-state index < -0.39 is 0 Å². The predicted octanol–water partition coefficient (Wildman–Crippen LogP) is 1.31. The molecule has 1 aliphatic heterocycles. The number of ketones is 1. The molecule has 3 N–H and O–H groups in total. The Hall–Kier alpha value is -1.42. The number of hydrogen-bond acceptors (Lipinski definition) is 4. The third-order valence-electron chi connectivity index (χ3n) is 3.51. The Morgan fingerprint density at radius 1 is 1.59 bits per heavy atom. The third kappa shape index (κ3) is 2.64. The number of rotatable bonds is 3. The van der Waals surface area contributed by atoms with Gasteiger partial charge >= 0.3 is 0 Å². The van der Waals surface area contributed by atoms with Crippen LogP contribution in [0.3, 0.4) is 0 Å². The number of nitrogen functional groups attached to an aromatic ring is 1. The van der Waals surface area contributed by atoms with Gasteiger partial charge in [-0.05, 0) is 38.8 Å². The maximum absolute atomic E-state index is 12.3. The van der Waals surface area contributed by atoms with Crippen LogP contribution in [0.25, 0.3) is 0 Å². The lowest BCUT2D eigenvalue weighted by atomic mass is 9.84. The normalized spacial score (nSPS) is 24.5. The number of aromatic nitrogens is 1. The van der Waals surface area contributed by atoms with Crippen LogP contribution in [-0.4, -0.2) is 22.9 Å². The molecule has 0 amide bonds. The first-order valence-electron chi connectivity index (χ1n) is 6.09. The van der Waals surface area contributed by atoms with Gasteiger partial charge in [0.1, 0.15) is 5.82 Å². The van der Waals surface area contributed by atoms with Crippen molar-refractivity contribution in [2.75, 3.05) is 12.3 Å². The standard InChI is InChI=1S/C13H19N3O/c1-13(6-2-3-8-16-13)11(17)9-10-5-4-7-15-12(10)14/h4-5,7,16H,2-3,6,8-9H2,1H3,(H2,14,15). The Balaban J connectivity index is 2.08. The molecule has 2 heterocycles. The quantitative estimate of drug-likeness (QED) is 0.826. The van der Waals surface area contributed by atoms with Crippen LogP contribution in [0.1, 0.15) is 31.7 Å². The summed E-state index contributed by atoms with van der Waals surface area (Å²) in [6.07, 6.45) is 5.18. The number of carbonyl (C=O) groups is 1. The molecule has 4 heteroatoms. The number of nitrogens with one attached hydrogen (secondary N) is 1. The topological polar surface area (TPSA) is 68.0 Å². The van der Waals surface area contributed by atoms with E-state index >= 15 is 0 Å². The number of nitrogens with zero attached hydrogens (tertiary/aromatic N) is 1. The minimum absolute atomic E-state index is 0.205. The maximum atomic E-state index is 12.3. The van der Waals surface area contributed by atoms with E-state index in [2.05, 4.69) is 10.3 Å². The second-order valence-electron chi connectivity index (χ2n) is 4.86. The summed E-state index contributed by atoms with van der Waals surface area (Å²) < 4.78 is 0. The molecular formula is C13H19N3O. The third-order valence-corrected chi connectivity index (χ3v) is 3.51. The Labute approximate surface area is 102 Å². The van der Waals surface area contributed by atoms with Crippen LogP contribution in [0.5, 0.6) is 0 Å². The molecule has 0 aromatic carbocycles. The fraction of sp³-hybridized carbons (Fsp3) is 0.538. The van der Waals surface area contributed by atoms with Crippen molar-refractivity contribution in [3.63, 3.8) is 0 Å². The SMILES string of the molecule is CC1(C(=O)Cc2cccnc2N)CCCCN1. The number of pyridine rings is 1. The Morgan fingerprint density at radius 2 is 2.41 bits per heavy atom. The van der Waals surface area contributed by atoms with Gasteiger partial charge in [0.2, 0.25) is 0 Å². The van der Waals surface area contributed by atoms with Crippen molar-refractivity contribution in [1.29, 1.82) is 0 Å². The highest BCUT2D eigenvalue weighted by atomic mass is 16.1. The summed E-state index contributed by atoms with van der Waals surface area (Å²) in [5.74, 6) is 0.664. The molecule has 0 bridgehead atoms. The van der Waals surface area contributed by atoms with E-state index in [9.17, 15) is 4.79 Å². The zero-order chi connectivity index (χ0) is 12.3. The van der Waals surface area contributed by atoms with Crippen molar-refractivity contribution < 1.29 is 4.79 Å². The summed E-state index contributed by atoms with van der Waals surface area (Å²) in [6, 6.07) is 3.68. The number of Topliss-reactive ketones (excluding diaryl/α,β-unsaturated/α-hetero) is 1. The molecule has 0 saturated carbocycles. The van der Waals surface area contributed by atoms with E-state index in [0.717, 1.165) is 31.4 Å². The van der Waals surface area contributed by atoms with Gasteiger partial charge in [-0.3, -0.25) is 4.79 Å². The van der Waals surface area contributed by atoms with Crippen molar-refractivity contribution in [3.8, 4) is 0 Å². The van der Waals surface area contributed by atoms with Crippen molar-refractivity contribution in [2.45, 2.75) is 38.1 Å². The Morgan fingerprint density at radius 3 is 3.06 bits per heavy atom. The molecular weight excluding hydrogens is 214 g/mol. The molecule has 1 aliphatic rings. The lowest BCUT2D eigenvalue weighted by Gasteiger charge is -2.33. The Kier molecular flexibility index (Phi) is 3.43. The van der Waals surface area contributed by atoms with Crippen LogP contribution in [0.4, 0.5) is 5.82 Å². The van der Waals surface area contributed by atoms with E-state index in [1.807, 2.05) is 19.1 Å². The van der Waals surface area contributed by atoms with E-state index in [0.29, 0.717) is 12.2 Å². The summed E-state index contributed by atoms with van der Waals surface area (Å²) in [5, 5.41) is 3.32. The van der Waals surface area contributed by atoms with E-state index in [1.54, 1.807) is 6.20 Å². The van der Waals surface area contributed by atoms with E-state index in [4.69, 9.17) is 5.73 Å². The van der Waals surface area contributed by atoms with Crippen LogP contribution in [0, 0.1) is 0 Å². The average Bonchev–Trinajstić information content (AvgIpc) is 2.33. The molecule has 92 valence electrons. The van der Waals surface area contributed by atoms with Gasteiger partial charge in [0, 0.05) is 18.2 Å². The lowest BCUT2D eigenvalue weighted by molar-refractivity contribution is -0.125. The van der Waals surface area contributed by atoms with Gasteiger partial charge in [0.15, 0.2) is 5.78 Å². The number of anilines is 1. The highest BCUT2D eigenvalue weighted by Crippen LogP contribution is 2.22. The molecule has 1 aromatic heterocycles. The fourth-order valence-corrected chi connectivity index (χ4v) is 2.26. The van der Waals surface area contributed by atoms with Gasteiger partial charge < -0.3 is 11.1 Å². The van der Waals surface area contributed by atoms with Crippen molar-refractivity contribution in [3.05, 3.63) is 23.9 Å². The maximum Gasteiger partial charge on any atom is 0.157 e. The smallest absolute Gasteiger partial charge is 0.157 e. The first-order valence-corrected chi connectivity index (χ1v) is 6.09. The highest BCUT2D eigenvalue weighted by Gasteiger charge is 2.33. The lowest BCUT2D eigenvalue weighted by Crippen LogP contribution is -2.52. The van der Waals surface area contributed by atoms with E-state index in [-0.39, 0.29) is 11.3 Å². The zero-order valence-electron chi connectivity index (χ0n) is 10.2. The molecule has 17 heavy (non-hydrogen) atoms. The van der Waals surface area contributed by atoms with Gasteiger partial charge in [-0.1, -0.05) is 6.07 Å². The van der Waals surface area contributed by atoms with Crippen LogP contribution >= 0.6 is 0 Å². The minimum atomic E-state index is -0.388. The first kappa shape index (κ1) is 12.0. The van der Waals surface area contributed by atoms with Gasteiger partial charge in [0.05, 0.1) is 5.54 Å². The van der Waals surface area contributed by atoms with Crippen molar-refractivity contribution in [2.24, 2.45) is 0 Å². The van der Waals surface area contributed by atoms with Gasteiger partial charge in [0.25, 0.3) is 0 Å². The molecule has 1 aromatic rings. The summed E-state index contributed by atoms with van der Waals surface area (Å²) in [7, 11) is 0. The van der Waals surface area contributed by atoms with Crippen molar-refractivity contribution in [1.82, 2.24) is 10.3 Å².